The SMILES string of the molecule is CCOc1ccccc1-c1nnc(SCc2nc(N)c3ccccc3n2)o1. The summed E-state index contributed by atoms with van der Waals surface area (Å²) in [6, 6.07) is 15.2. The fraction of sp³-hybridized carbons (Fsp3) is 0.158. The first-order chi connectivity index (χ1) is 13.2. The van der Waals surface area contributed by atoms with Gasteiger partial charge in [0.05, 0.1) is 23.4 Å². The van der Waals surface area contributed by atoms with Gasteiger partial charge in [-0.15, -0.1) is 10.2 Å². The van der Waals surface area contributed by atoms with Crippen LogP contribution in [0.15, 0.2) is 58.2 Å². The monoisotopic (exact) mass is 379 g/mol. The Morgan fingerprint density at radius 3 is 2.74 bits per heavy atom. The first-order valence-electron chi connectivity index (χ1n) is 8.44. The Labute approximate surface area is 160 Å². The number of hydrogen-bond donors (Lipinski definition) is 1. The van der Waals surface area contributed by atoms with Gasteiger partial charge in [-0.05, 0) is 31.2 Å². The van der Waals surface area contributed by atoms with Crippen LogP contribution in [0.4, 0.5) is 5.82 Å². The van der Waals surface area contributed by atoms with Crippen molar-refractivity contribution in [2.24, 2.45) is 0 Å². The van der Waals surface area contributed by atoms with Crippen molar-refractivity contribution in [2.75, 3.05) is 12.3 Å². The van der Waals surface area contributed by atoms with Crippen LogP contribution in [-0.2, 0) is 5.75 Å². The van der Waals surface area contributed by atoms with E-state index in [1.807, 2.05) is 55.5 Å². The maximum atomic E-state index is 6.03. The largest absolute Gasteiger partial charge is 0.493 e. The number of ether oxygens (including phenoxy) is 1. The first-order valence-corrected chi connectivity index (χ1v) is 9.43. The van der Waals surface area contributed by atoms with Gasteiger partial charge in [-0.25, -0.2) is 9.97 Å². The summed E-state index contributed by atoms with van der Waals surface area (Å²) in [6.45, 7) is 2.49. The minimum Gasteiger partial charge on any atom is -0.493 e. The molecule has 0 fully saturated rings. The Morgan fingerprint density at radius 2 is 1.85 bits per heavy atom. The van der Waals surface area contributed by atoms with Crippen LogP contribution in [0.1, 0.15) is 12.7 Å². The molecule has 2 aromatic carbocycles. The molecule has 27 heavy (non-hydrogen) atoms. The number of nitrogens with zero attached hydrogens (tertiary/aromatic N) is 4. The molecule has 0 bridgehead atoms. The lowest BCUT2D eigenvalue weighted by atomic mass is 10.2. The van der Waals surface area contributed by atoms with Gasteiger partial charge in [-0.1, -0.05) is 36.0 Å². The molecule has 0 unspecified atom stereocenters. The minimum absolute atomic E-state index is 0.417. The first kappa shape index (κ1) is 17.3. The molecule has 0 saturated carbocycles. The van der Waals surface area contributed by atoms with E-state index in [-0.39, 0.29) is 0 Å². The molecular weight excluding hydrogens is 362 g/mol. The van der Waals surface area contributed by atoms with Gasteiger partial charge in [0.2, 0.25) is 0 Å². The van der Waals surface area contributed by atoms with E-state index in [0.717, 1.165) is 16.5 Å². The van der Waals surface area contributed by atoms with E-state index in [4.69, 9.17) is 14.9 Å². The van der Waals surface area contributed by atoms with Gasteiger partial charge in [0, 0.05) is 5.39 Å². The van der Waals surface area contributed by atoms with Crippen molar-refractivity contribution in [3.05, 3.63) is 54.4 Å². The highest BCUT2D eigenvalue weighted by Crippen LogP contribution is 2.31. The molecule has 2 aromatic heterocycles. The lowest BCUT2D eigenvalue weighted by Gasteiger charge is -2.06. The summed E-state index contributed by atoms with van der Waals surface area (Å²) in [5.41, 5.74) is 7.61. The smallest absolute Gasteiger partial charge is 0.277 e. The van der Waals surface area contributed by atoms with Crippen molar-refractivity contribution in [2.45, 2.75) is 17.9 Å². The molecule has 0 atom stereocenters. The second-order valence-corrected chi connectivity index (χ2v) is 6.56. The van der Waals surface area contributed by atoms with E-state index in [9.17, 15) is 0 Å². The molecule has 0 amide bonds. The zero-order valence-electron chi connectivity index (χ0n) is 14.6. The third-order valence-electron chi connectivity index (χ3n) is 3.83. The molecule has 7 nitrogen and oxygen atoms in total. The van der Waals surface area contributed by atoms with Crippen LogP contribution in [0.3, 0.4) is 0 Å². The lowest BCUT2D eigenvalue weighted by molar-refractivity contribution is 0.340. The molecule has 136 valence electrons. The summed E-state index contributed by atoms with van der Waals surface area (Å²) < 4.78 is 11.4. The molecule has 0 aliphatic heterocycles. The summed E-state index contributed by atoms with van der Waals surface area (Å²) in [5, 5.41) is 9.51. The van der Waals surface area contributed by atoms with Crippen LogP contribution in [0.5, 0.6) is 5.75 Å². The Kier molecular flexibility index (Phi) is 4.88. The molecular formula is C19H17N5O2S. The molecule has 2 N–H and O–H groups in total. The van der Waals surface area contributed by atoms with Crippen LogP contribution in [0.25, 0.3) is 22.4 Å². The molecule has 0 aliphatic rings. The van der Waals surface area contributed by atoms with E-state index < -0.39 is 0 Å². The van der Waals surface area contributed by atoms with E-state index >= 15 is 0 Å². The third kappa shape index (κ3) is 3.70. The standard InChI is InChI=1S/C19H17N5O2S/c1-2-25-15-10-6-4-8-13(15)18-23-24-19(26-18)27-11-16-21-14-9-5-3-7-12(14)17(20)22-16/h3-10H,2,11H2,1H3,(H2,20,21,22). The molecule has 0 radical (unpaired) electrons. The topological polar surface area (TPSA) is 100.0 Å². The molecule has 4 rings (SSSR count). The summed E-state index contributed by atoms with van der Waals surface area (Å²) in [5.74, 6) is 2.69. The lowest BCUT2D eigenvalue weighted by Crippen LogP contribution is -1.99. The predicted molar refractivity (Wildman–Crippen MR) is 104 cm³/mol. The second kappa shape index (κ2) is 7.63. The van der Waals surface area contributed by atoms with E-state index in [2.05, 4.69) is 20.2 Å². The van der Waals surface area contributed by atoms with Crippen molar-refractivity contribution in [1.29, 1.82) is 0 Å². The molecule has 0 saturated heterocycles. The Bertz CT molecular complexity index is 1080. The number of aromatic nitrogens is 4. The van der Waals surface area contributed by atoms with E-state index in [1.54, 1.807) is 0 Å². The third-order valence-corrected chi connectivity index (χ3v) is 4.64. The van der Waals surface area contributed by atoms with Gasteiger partial charge in [-0.2, -0.15) is 0 Å². The number of hydrogen-bond acceptors (Lipinski definition) is 8. The second-order valence-electron chi connectivity index (χ2n) is 5.63. The average molecular weight is 379 g/mol. The summed E-state index contributed by atoms with van der Waals surface area (Å²) in [6.07, 6.45) is 0. The molecule has 0 spiro atoms. The Morgan fingerprint density at radius 1 is 1.04 bits per heavy atom. The predicted octanol–water partition coefficient (Wildman–Crippen LogP) is 3.95. The van der Waals surface area contributed by atoms with Crippen LogP contribution >= 0.6 is 11.8 Å². The number of nitrogen functional groups attached to an aromatic ring is 1. The van der Waals surface area contributed by atoms with Crippen LogP contribution in [0, 0.1) is 0 Å². The highest BCUT2D eigenvalue weighted by Gasteiger charge is 2.14. The van der Waals surface area contributed by atoms with Crippen molar-refractivity contribution in [3.63, 3.8) is 0 Å². The number of anilines is 1. The zero-order chi connectivity index (χ0) is 18.6. The van der Waals surface area contributed by atoms with Gasteiger partial charge < -0.3 is 14.9 Å². The van der Waals surface area contributed by atoms with Gasteiger partial charge in [0.25, 0.3) is 11.1 Å². The van der Waals surface area contributed by atoms with Gasteiger partial charge in [0.1, 0.15) is 17.4 Å². The van der Waals surface area contributed by atoms with Crippen molar-refractivity contribution >= 4 is 28.5 Å². The van der Waals surface area contributed by atoms with Crippen molar-refractivity contribution < 1.29 is 9.15 Å². The minimum atomic E-state index is 0.417. The van der Waals surface area contributed by atoms with Crippen molar-refractivity contribution in [1.82, 2.24) is 20.2 Å². The number of benzene rings is 2. The fourth-order valence-corrected chi connectivity index (χ4v) is 3.26. The molecule has 4 aromatic rings. The van der Waals surface area contributed by atoms with Gasteiger partial charge >= 0.3 is 0 Å². The van der Waals surface area contributed by atoms with Crippen LogP contribution < -0.4 is 10.5 Å². The Balaban J connectivity index is 1.52. The Hall–Kier alpha value is -3.13. The zero-order valence-corrected chi connectivity index (χ0v) is 15.4. The van der Waals surface area contributed by atoms with Crippen molar-refractivity contribution in [3.8, 4) is 17.2 Å². The maximum Gasteiger partial charge on any atom is 0.277 e. The summed E-state index contributed by atoms with van der Waals surface area (Å²) in [7, 11) is 0. The normalized spacial score (nSPS) is 11.0. The van der Waals surface area contributed by atoms with Gasteiger partial charge in [-0.3, -0.25) is 0 Å². The van der Waals surface area contributed by atoms with E-state index in [1.165, 1.54) is 11.8 Å². The number of para-hydroxylation sites is 2. The fourth-order valence-electron chi connectivity index (χ4n) is 2.64. The maximum absolute atomic E-state index is 6.03. The summed E-state index contributed by atoms with van der Waals surface area (Å²) in [4.78, 5) is 8.89. The number of nitrogens with two attached hydrogens (primary N) is 1. The van der Waals surface area contributed by atoms with Crippen LogP contribution in [0.2, 0.25) is 0 Å². The number of thioether (sulfide) groups is 1. The quantitative estimate of drug-likeness (QED) is 0.503. The molecule has 8 heteroatoms. The summed E-state index contributed by atoms with van der Waals surface area (Å²) >= 11 is 1.36. The molecule has 2 heterocycles. The average Bonchev–Trinajstić information content (AvgIpc) is 3.16. The number of fused-ring (bicyclic) bond motifs is 1. The highest BCUT2D eigenvalue weighted by atomic mass is 32.2. The highest BCUT2D eigenvalue weighted by molar-refractivity contribution is 7.98. The van der Waals surface area contributed by atoms with Crippen LogP contribution in [-0.4, -0.2) is 26.8 Å². The van der Waals surface area contributed by atoms with E-state index in [0.29, 0.717) is 40.9 Å². The molecule has 0 aliphatic carbocycles. The number of rotatable bonds is 6. The van der Waals surface area contributed by atoms with Gasteiger partial charge in [0.15, 0.2) is 0 Å².